The normalized spacial score (nSPS) is 18.8. The Hall–Kier alpha value is -2.46. The highest BCUT2D eigenvalue weighted by molar-refractivity contribution is 5.92. The predicted octanol–water partition coefficient (Wildman–Crippen LogP) is 1.20. The van der Waals surface area contributed by atoms with Gasteiger partial charge >= 0.3 is 11.7 Å². The van der Waals surface area contributed by atoms with E-state index >= 15 is 0 Å². The number of morpholine rings is 2. The number of ether oxygens (including phenoxy) is 2. The minimum absolute atomic E-state index is 0.204. The quantitative estimate of drug-likeness (QED) is 0.686. The molecular formula is C22H29N3O6. The summed E-state index contributed by atoms with van der Waals surface area (Å²) in [6, 6.07) is 5.09. The Labute approximate surface area is 180 Å². The molecule has 1 atom stereocenters. The van der Waals surface area contributed by atoms with E-state index in [0.29, 0.717) is 62.9 Å². The average Bonchev–Trinajstić information content (AvgIpc) is 2.78. The highest BCUT2D eigenvalue weighted by Crippen LogP contribution is 2.24. The largest absolute Gasteiger partial charge is 0.422 e. The van der Waals surface area contributed by atoms with Crippen LogP contribution in [0.4, 0.5) is 10.5 Å². The number of aryl methyl sites for hydroxylation is 1. The van der Waals surface area contributed by atoms with E-state index < -0.39 is 11.7 Å². The van der Waals surface area contributed by atoms with Crippen LogP contribution >= 0.6 is 0 Å². The molecule has 0 saturated carbocycles. The third-order valence-electron chi connectivity index (χ3n) is 5.85. The minimum atomic E-state index is -0.663. The molecule has 2 N–H and O–H groups in total. The molecule has 0 radical (unpaired) electrons. The van der Waals surface area contributed by atoms with Gasteiger partial charge in [0.25, 0.3) is 0 Å². The lowest BCUT2D eigenvalue weighted by atomic mass is 10.0. The van der Waals surface area contributed by atoms with Crippen LogP contribution in [0.2, 0.25) is 0 Å². The van der Waals surface area contributed by atoms with Gasteiger partial charge in [-0.25, -0.2) is 9.59 Å². The highest BCUT2D eigenvalue weighted by atomic mass is 16.5. The first-order chi connectivity index (χ1) is 15.0. The third-order valence-corrected chi connectivity index (χ3v) is 5.85. The second-order valence-corrected chi connectivity index (χ2v) is 8.00. The molecule has 2 saturated heterocycles. The minimum Gasteiger partial charge on any atom is -0.422 e. The molecule has 3 heterocycles. The number of nitrogens with one attached hydrogen (secondary N) is 1. The first-order valence-corrected chi connectivity index (χ1v) is 10.7. The number of rotatable bonds is 5. The number of aliphatic hydroxyl groups excluding tert-OH is 1. The van der Waals surface area contributed by atoms with E-state index in [1.54, 1.807) is 17.0 Å². The zero-order valence-electron chi connectivity index (χ0n) is 17.8. The van der Waals surface area contributed by atoms with Gasteiger partial charge in [-0.15, -0.1) is 0 Å². The summed E-state index contributed by atoms with van der Waals surface area (Å²) in [5.41, 5.74) is 1.79. The first-order valence-electron chi connectivity index (χ1n) is 10.7. The zero-order valence-corrected chi connectivity index (χ0v) is 17.8. The molecule has 2 aliphatic rings. The standard InChI is InChI=1S/C22H29N3O6/c1-15-18-3-2-16(23-22(28)25-6-10-30-11-7-25)12-20(18)31-21(27)19(15)13-17(26)14-24-4-8-29-9-5-24/h2-3,12,17,26H,4-11,13-14H2,1H3,(H,23,28). The molecule has 2 fully saturated rings. The fraction of sp³-hybridized carbons (Fsp3) is 0.545. The number of benzene rings is 1. The summed E-state index contributed by atoms with van der Waals surface area (Å²) in [4.78, 5) is 28.9. The lowest BCUT2D eigenvalue weighted by molar-refractivity contribution is 0.0147. The smallest absolute Gasteiger partial charge is 0.339 e. The van der Waals surface area contributed by atoms with Crippen molar-refractivity contribution in [3.63, 3.8) is 0 Å². The third kappa shape index (κ3) is 5.24. The predicted molar refractivity (Wildman–Crippen MR) is 116 cm³/mol. The van der Waals surface area contributed by atoms with Crippen molar-refractivity contribution in [2.45, 2.75) is 19.4 Å². The summed E-state index contributed by atoms with van der Waals surface area (Å²) in [5.74, 6) is 0. The first kappa shape index (κ1) is 21.8. The van der Waals surface area contributed by atoms with E-state index in [0.717, 1.165) is 24.0 Å². The summed E-state index contributed by atoms with van der Waals surface area (Å²) in [7, 11) is 0. The number of anilines is 1. The molecule has 168 valence electrons. The Kier molecular flexibility index (Phi) is 6.86. The molecule has 0 bridgehead atoms. The molecule has 1 aromatic carbocycles. The number of carbonyl (C=O) groups excluding carboxylic acids is 1. The lowest BCUT2D eigenvalue weighted by Gasteiger charge is -2.28. The second kappa shape index (κ2) is 9.78. The van der Waals surface area contributed by atoms with E-state index in [4.69, 9.17) is 13.9 Å². The molecular weight excluding hydrogens is 402 g/mol. The maximum absolute atomic E-state index is 12.6. The van der Waals surface area contributed by atoms with Gasteiger partial charge in [-0.3, -0.25) is 4.90 Å². The number of aliphatic hydroxyl groups is 1. The van der Waals surface area contributed by atoms with Crippen LogP contribution in [0, 0.1) is 6.92 Å². The fourth-order valence-electron chi connectivity index (χ4n) is 4.06. The Balaban J connectivity index is 1.48. The summed E-state index contributed by atoms with van der Waals surface area (Å²) in [5, 5.41) is 14.2. The van der Waals surface area contributed by atoms with Crippen LogP contribution in [0.1, 0.15) is 11.1 Å². The molecule has 1 aromatic heterocycles. The SMILES string of the molecule is Cc1c(CC(O)CN2CCOCC2)c(=O)oc2cc(NC(=O)N3CCOCC3)ccc12. The number of hydrogen-bond acceptors (Lipinski definition) is 7. The molecule has 4 rings (SSSR count). The second-order valence-electron chi connectivity index (χ2n) is 8.00. The number of urea groups is 1. The van der Waals surface area contributed by atoms with Crippen LogP contribution in [-0.2, 0) is 15.9 Å². The summed E-state index contributed by atoms with van der Waals surface area (Å²) < 4.78 is 16.1. The van der Waals surface area contributed by atoms with Crippen LogP contribution in [0.5, 0.6) is 0 Å². The van der Waals surface area contributed by atoms with Gasteiger partial charge in [-0.1, -0.05) is 0 Å². The number of amides is 2. The van der Waals surface area contributed by atoms with E-state index in [9.17, 15) is 14.7 Å². The van der Waals surface area contributed by atoms with E-state index in [1.807, 2.05) is 13.0 Å². The number of β-amino-alcohol motifs (C(OH)–C–C–N with tert-alkyl or cyclic N) is 1. The van der Waals surface area contributed by atoms with Gasteiger partial charge in [0.2, 0.25) is 0 Å². The van der Waals surface area contributed by atoms with Crippen LogP contribution in [0.25, 0.3) is 11.0 Å². The van der Waals surface area contributed by atoms with Crippen molar-refractivity contribution in [3.05, 3.63) is 39.7 Å². The molecule has 31 heavy (non-hydrogen) atoms. The van der Waals surface area contributed by atoms with Gasteiger partial charge in [0, 0.05) is 61.8 Å². The van der Waals surface area contributed by atoms with E-state index in [1.165, 1.54) is 0 Å². The van der Waals surface area contributed by atoms with Crippen molar-refractivity contribution in [1.29, 1.82) is 0 Å². The molecule has 1 unspecified atom stereocenters. The van der Waals surface area contributed by atoms with Crippen molar-refractivity contribution in [3.8, 4) is 0 Å². The summed E-state index contributed by atoms with van der Waals surface area (Å²) in [6.45, 7) is 7.38. The highest BCUT2D eigenvalue weighted by Gasteiger charge is 2.20. The number of hydrogen-bond donors (Lipinski definition) is 2. The number of carbonyl (C=O) groups is 1. The monoisotopic (exact) mass is 431 g/mol. The van der Waals surface area contributed by atoms with Crippen molar-refractivity contribution >= 4 is 22.7 Å². The lowest BCUT2D eigenvalue weighted by Crippen LogP contribution is -2.43. The van der Waals surface area contributed by atoms with E-state index in [2.05, 4.69) is 10.2 Å². The van der Waals surface area contributed by atoms with Crippen molar-refractivity contribution < 1.29 is 23.8 Å². The Bertz CT molecular complexity index is 979. The van der Waals surface area contributed by atoms with Gasteiger partial charge in [-0.05, 0) is 24.6 Å². The molecule has 0 spiro atoms. The van der Waals surface area contributed by atoms with Crippen LogP contribution in [0.3, 0.4) is 0 Å². The molecule has 9 nitrogen and oxygen atoms in total. The van der Waals surface area contributed by atoms with Crippen LogP contribution < -0.4 is 10.9 Å². The van der Waals surface area contributed by atoms with Gasteiger partial charge in [0.15, 0.2) is 0 Å². The maximum atomic E-state index is 12.6. The Morgan fingerprint density at radius 2 is 1.81 bits per heavy atom. The summed E-state index contributed by atoms with van der Waals surface area (Å²) in [6.07, 6.45) is -0.430. The number of fused-ring (bicyclic) bond motifs is 1. The summed E-state index contributed by atoms with van der Waals surface area (Å²) >= 11 is 0. The van der Waals surface area contributed by atoms with Crippen LogP contribution in [0.15, 0.2) is 27.4 Å². The van der Waals surface area contributed by atoms with Crippen LogP contribution in [-0.4, -0.2) is 86.2 Å². The fourth-order valence-corrected chi connectivity index (χ4v) is 4.06. The van der Waals surface area contributed by atoms with Gasteiger partial charge < -0.3 is 29.2 Å². The topological polar surface area (TPSA) is 104 Å². The Morgan fingerprint density at radius 3 is 2.52 bits per heavy atom. The molecule has 2 aromatic rings. The van der Waals surface area contributed by atoms with Crippen molar-refractivity contribution in [2.24, 2.45) is 0 Å². The maximum Gasteiger partial charge on any atom is 0.339 e. The van der Waals surface area contributed by atoms with Gasteiger partial charge in [0.05, 0.1) is 32.5 Å². The number of nitrogens with zero attached hydrogens (tertiary/aromatic N) is 2. The van der Waals surface area contributed by atoms with Gasteiger partial charge in [0.1, 0.15) is 5.58 Å². The molecule has 9 heteroatoms. The molecule has 2 aliphatic heterocycles. The molecule has 2 amide bonds. The van der Waals surface area contributed by atoms with Crippen molar-refractivity contribution in [1.82, 2.24) is 9.80 Å². The van der Waals surface area contributed by atoms with Crippen molar-refractivity contribution in [2.75, 3.05) is 64.5 Å². The Morgan fingerprint density at radius 1 is 1.13 bits per heavy atom. The van der Waals surface area contributed by atoms with E-state index in [-0.39, 0.29) is 12.5 Å². The van der Waals surface area contributed by atoms with Gasteiger partial charge in [-0.2, -0.15) is 0 Å². The average molecular weight is 431 g/mol. The zero-order chi connectivity index (χ0) is 21.8. The molecule has 0 aliphatic carbocycles.